The highest BCUT2D eigenvalue weighted by molar-refractivity contribution is 6.23. The Balaban J connectivity index is 1.87. The second kappa shape index (κ2) is 5.88. The van der Waals surface area contributed by atoms with Crippen LogP contribution in [0.1, 0.15) is 23.1 Å². The predicted molar refractivity (Wildman–Crippen MR) is 91.6 cm³/mol. The monoisotopic (exact) mass is 308 g/mol. The van der Waals surface area contributed by atoms with Crippen molar-refractivity contribution in [2.24, 2.45) is 0 Å². The summed E-state index contributed by atoms with van der Waals surface area (Å²) in [6.07, 6.45) is 0.181. The van der Waals surface area contributed by atoms with Crippen LogP contribution in [0.5, 0.6) is 0 Å². The molecule has 1 atom stereocenters. The van der Waals surface area contributed by atoms with Crippen LogP contribution < -0.4 is 10.2 Å². The lowest BCUT2D eigenvalue weighted by molar-refractivity contribution is -0.121. The molecule has 0 aliphatic carbocycles. The van der Waals surface area contributed by atoms with Gasteiger partial charge in [0.15, 0.2) is 0 Å². The average Bonchev–Trinajstić information content (AvgIpc) is 2.78. The molecule has 2 amide bonds. The number of para-hydroxylation sites is 1. The minimum atomic E-state index is -0.511. The molecule has 0 saturated carbocycles. The van der Waals surface area contributed by atoms with Gasteiger partial charge in [0.05, 0.1) is 12.1 Å². The number of hydrogen-bond donors (Lipinski definition) is 1. The minimum absolute atomic E-state index is 0.160. The summed E-state index contributed by atoms with van der Waals surface area (Å²) in [5.74, 6) is -0.350. The molecule has 23 heavy (non-hydrogen) atoms. The van der Waals surface area contributed by atoms with E-state index in [1.165, 1.54) is 4.90 Å². The molecule has 2 aromatic carbocycles. The molecule has 0 unspecified atom stereocenters. The Labute approximate surface area is 136 Å². The summed E-state index contributed by atoms with van der Waals surface area (Å²) in [5.41, 5.74) is 4.67. The van der Waals surface area contributed by atoms with Gasteiger partial charge in [0.2, 0.25) is 5.91 Å². The summed E-state index contributed by atoms with van der Waals surface area (Å²) >= 11 is 0. The molecule has 4 heteroatoms. The fraction of sp³-hybridized carbons (Fsp3) is 0.263. The van der Waals surface area contributed by atoms with Crippen LogP contribution in [0.25, 0.3) is 0 Å². The summed E-state index contributed by atoms with van der Waals surface area (Å²) in [6.45, 7) is 5.90. The Morgan fingerprint density at radius 2 is 1.74 bits per heavy atom. The first-order chi connectivity index (χ1) is 11.0. The lowest BCUT2D eigenvalue weighted by atomic mass is 10.1. The normalized spacial score (nSPS) is 17.7. The van der Waals surface area contributed by atoms with Gasteiger partial charge in [-0.2, -0.15) is 0 Å². The van der Waals surface area contributed by atoms with Crippen molar-refractivity contribution >= 4 is 23.2 Å². The molecule has 4 nitrogen and oxygen atoms in total. The second-order valence-corrected chi connectivity index (χ2v) is 6.07. The van der Waals surface area contributed by atoms with Crippen molar-refractivity contribution in [3.63, 3.8) is 0 Å². The van der Waals surface area contributed by atoms with Crippen molar-refractivity contribution in [3.8, 4) is 0 Å². The Morgan fingerprint density at radius 3 is 2.48 bits per heavy atom. The van der Waals surface area contributed by atoms with Crippen LogP contribution >= 0.6 is 0 Å². The zero-order chi connectivity index (χ0) is 16.6. The van der Waals surface area contributed by atoms with Gasteiger partial charge in [0.25, 0.3) is 5.91 Å². The van der Waals surface area contributed by atoms with Gasteiger partial charge in [-0.3, -0.25) is 9.59 Å². The average molecular weight is 308 g/mol. The SMILES string of the molecule is Cc1ccc(C)c(N[C@H]2CC(=O)N(c3ccccc3C)C2=O)c1. The highest BCUT2D eigenvalue weighted by Crippen LogP contribution is 2.28. The van der Waals surface area contributed by atoms with Crippen molar-refractivity contribution in [2.75, 3.05) is 10.2 Å². The third kappa shape index (κ3) is 2.84. The summed E-state index contributed by atoms with van der Waals surface area (Å²) in [5, 5.41) is 3.24. The van der Waals surface area contributed by atoms with Gasteiger partial charge in [0.1, 0.15) is 6.04 Å². The molecular formula is C19H20N2O2. The standard InChI is InChI=1S/C19H20N2O2/c1-12-8-9-13(2)15(10-12)20-16-11-18(22)21(19(16)23)17-7-5-4-6-14(17)3/h4-10,16,20H,11H2,1-3H3/t16-/m0/s1. The third-order valence-corrected chi connectivity index (χ3v) is 4.23. The van der Waals surface area contributed by atoms with Crippen LogP contribution in [0.2, 0.25) is 0 Å². The van der Waals surface area contributed by atoms with E-state index in [2.05, 4.69) is 5.32 Å². The number of aryl methyl sites for hydroxylation is 3. The third-order valence-electron chi connectivity index (χ3n) is 4.23. The summed E-state index contributed by atoms with van der Waals surface area (Å²) in [6, 6.07) is 13.0. The molecule has 0 bridgehead atoms. The Kier molecular flexibility index (Phi) is 3.90. The number of anilines is 2. The van der Waals surface area contributed by atoms with E-state index in [1.54, 1.807) is 0 Å². The lowest BCUT2D eigenvalue weighted by Gasteiger charge is -2.18. The van der Waals surface area contributed by atoms with Crippen LogP contribution in [0.4, 0.5) is 11.4 Å². The predicted octanol–water partition coefficient (Wildman–Crippen LogP) is 3.36. The quantitative estimate of drug-likeness (QED) is 0.885. The number of nitrogens with one attached hydrogen (secondary N) is 1. The van der Waals surface area contributed by atoms with Crippen LogP contribution in [-0.4, -0.2) is 17.9 Å². The van der Waals surface area contributed by atoms with Crippen LogP contribution in [0.15, 0.2) is 42.5 Å². The number of carbonyl (C=O) groups excluding carboxylic acids is 2. The van der Waals surface area contributed by atoms with Crippen LogP contribution in [0.3, 0.4) is 0 Å². The molecule has 0 radical (unpaired) electrons. The Morgan fingerprint density at radius 1 is 1.00 bits per heavy atom. The maximum Gasteiger partial charge on any atom is 0.256 e. The fourth-order valence-electron chi connectivity index (χ4n) is 2.89. The van der Waals surface area contributed by atoms with E-state index in [0.717, 1.165) is 22.4 Å². The number of hydrogen-bond acceptors (Lipinski definition) is 3. The molecule has 1 N–H and O–H groups in total. The lowest BCUT2D eigenvalue weighted by Crippen LogP contribution is -2.35. The highest BCUT2D eigenvalue weighted by Gasteiger charge is 2.40. The maximum atomic E-state index is 12.7. The van der Waals surface area contributed by atoms with E-state index in [9.17, 15) is 9.59 Å². The number of nitrogens with zero attached hydrogens (tertiary/aromatic N) is 1. The van der Waals surface area contributed by atoms with E-state index >= 15 is 0 Å². The maximum absolute atomic E-state index is 12.7. The highest BCUT2D eigenvalue weighted by atomic mass is 16.2. The largest absolute Gasteiger partial charge is 0.373 e. The van der Waals surface area contributed by atoms with E-state index < -0.39 is 6.04 Å². The molecule has 3 rings (SSSR count). The van der Waals surface area contributed by atoms with Crippen molar-refractivity contribution < 1.29 is 9.59 Å². The van der Waals surface area contributed by atoms with Crippen molar-refractivity contribution in [3.05, 3.63) is 59.2 Å². The van der Waals surface area contributed by atoms with Crippen molar-refractivity contribution in [1.82, 2.24) is 0 Å². The molecule has 2 aromatic rings. The molecule has 118 valence electrons. The Bertz CT molecular complexity index is 783. The van der Waals surface area contributed by atoms with Gasteiger partial charge in [0, 0.05) is 5.69 Å². The summed E-state index contributed by atoms with van der Waals surface area (Å²) in [4.78, 5) is 26.4. The first kappa shape index (κ1) is 15.3. The molecule has 1 aliphatic heterocycles. The van der Waals surface area contributed by atoms with E-state index in [1.807, 2.05) is 63.2 Å². The number of amides is 2. The number of imide groups is 1. The van der Waals surface area contributed by atoms with Gasteiger partial charge in [-0.1, -0.05) is 30.3 Å². The van der Waals surface area contributed by atoms with Gasteiger partial charge >= 0.3 is 0 Å². The van der Waals surface area contributed by atoms with E-state index in [0.29, 0.717) is 5.69 Å². The van der Waals surface area contributed by atoms with Gasteiger partial charge in [-0.15, -0.1) is 0 Å². The second-order valence-electron chi connectivity index (χ2n) is 6.07. The molecule has 0 spiro atoms. The molecule has 0 aromatic heterocycles. The van der Waals surface area contributed by atoms with Gasteiger partial charge in [-0.25, -0.2) is 4.90 Å². The minimum Gasteiger partial charge on any atom is -0.373 e. The molecule has 1 saturated heterocycles. The number of carbonyl (C=O) groups is 2. The Hall–Kier alpha value is -2.62. The number of rotatable bonds is 3. The van der Waals surface area contributed by atoms with Gasteiger partial charge in [-0.05, 0) is 49.6 Å². The van der Waals surface area contributed by atoms with Crippen molar-refractivity contribution in [2.45, 2.75) is 33.2 Å². The van der Waals surface area contributed by atoms with E-state index in [4.69, 9.17) is 0 Å². The first-order valence-electron chi connectivity index (χ1n) is 7.73. The molecule has 1 fully saturated rings. The van der Waals surface area contributed by atoms with E-state index in [-0.39, 0.29) is 18.2 Å². The smallest absolute Gasteiger partial charge is 0.256 e. The van der Waals surface area contributed by atoms with Crippen LogP contribution in [-0.2, 0) is 9.59 Å². The summed E-state index contributed by atoms with van der Waals surface area (Å²) < 4.78 is 0. The zero-order valence-electron chi connectivity index (χ0n) is 13.6. The van der Waals surface area contributed by atoms with Crippen LogP contribution in [0, 0.1) is 20.8 Å². The summed E-state index contributed by atoms with van der Waals surface area (Å²) in [7, 11) is 0. The topological polar surface area (TPSA) is 49.4 Å². The van der Waals surface area contributed by atoms with Gasteiger partial charge < -0.3 is 5.32 Å². The first-order valence-corrected chi connectivity index (χ1v) is 7.73. The molecule has 1 aliphatic rings. The number of benzene rings is 2. The zero-order valence-corrected chi connectivity index (χ0v) is 13.6. The van der Waals surface area contributed by atoms with Crippen molar-refractivity contribution in [1.29, 1.82) is 0 Å². The fourth-order valence-corrected chi connectivity index (χ4v) is 2.89. The molecule has 1 heterocycles. The molecular weight excluding hydrogens is 288 g/mol.